The lowest BCUT2D eigenvalue weighted by Gasteiger charge is -2.23. The number of carbonyl (C=O) groups excluding carboxylic acids is 1. The number of hydrogen-bond donors (Lipinski definition) is 4. The molecule has 0 unspecified atom stereocenters. The number of benzene rings is 1. The standard InChI is InChI=1S/C16H26N4O3S2/c1-6-11(2)20-25(22,23)13-9-7-12(8-10-13)14(21)18-19-15(24)17-16(3,4)5/h7-11,20H,6H2,1-5H3,(H,18,21)(H2,17,19,24)/t11-/m1/s1. The quantitative estimate of drug-likeness (QED) is 0.454. The Morgan fingerprint density at radius 2 is 1.72 bits per heavy atom. The van der Waals surface area contributed by atoms with Crippen molar-refractivity contribution in [3.63, 3.8) is 0 Å². The minimum absolute atomic E-state index is 0.113. The van der Waals surface area contributed by atoms with Crippen LogP contribution in [0, 0.1) is 0 Å². The van der Waals surface area contributed by atoms with Gasteiger partial charge in [-0.1, -0.05) is 6.92 Å². The fraction of sp³-hybridized carbons (Fsp3) is 0.500. The summed E-state index contributed by atoms with van der Waals surface area (Å²) >= 11 is 5.07. The largest absolute Gasteiger partial charge is 0.357 e. The molecule has 1 aromatic carbocycles. The summed E-state index contributed by atoms with van der Waals surface area (Å²) in [5, 5.41) is 3.29. The Kier molecular flexibility index (Phi) is 7.33. The monoisotopic (exact) mass is 386 g/mol. The van der Waals surface area contributed by atoms with E-state index in [1.807, 2.05) is 27.7 Å². The van der Waals surface area contributed by atoms with Gasteiger partial charge in [-0.3, -0.25) is 15.6 Å². The molecule has 0 aromatic heterocycles. The van der Waals surface area contributed by atoms with Gasteiger partial charge in [0.25, 0.3) is 5.91 Å². The number of hydrogen-bond acceptors (Lipinski definition) is 4. The van der Waals surface area contributed by atoms with E-state index in [1.54, 1.807) is 6.92 Å². The third-order valence-corrected chi connectivity index (χ3v) is 4.98. The van der Waals surface area contributed by atoms with Gasteiger partial charge in [-0.25, -0.2) is 13.1 Å². The van der Waals surface area contributed by atoms with Gasteiger partial charge >= 0.3 is 0 Å². The van der Waals surface area contributed by atoms with Crippen LogP contribution in [0.2, 0.25) is 0 Å². The number of nitrogens with one attached hydrogen (secondary N) is 4. The SMILES string of the molecule is CC[C@@H](C)NS(=O)(=O)c1ccc(C(=O)NNC(=S)NC(C)(C)C)cc1. The molecule has 25 heavy (non-hydrogen) atoms. The molecule has 0 bridgehead atoms. The van der Waals surface area contributed by atoms with Crippen molar-refractivity contribution in [3.05, 3.63) is 29.8 Å². The molecule has 4 N–H and O–H groups in total. The van der Waals surface area contributed by atoms with Crippen LogP contribution >= 0.6 is 12.2 Å². The van der Waals surface area contributed by atoms with E-state index in [-0.39, 0.29) is 21.6 Å². The predicted molar refractivity (Wildman–Crippen MR) is 103 cm³/mol. The van der Waals surface area contributed by atoms with Crippen LogP contribution in [0.1, 0.15) is 51.4 Å². The summed E-state index contributed by atoms with van der Waals surface area (Å²) in [6, 6.07) is 5.52. The van der Waals surface area contributed by atoms with Gasteiger partial charge in [0, 0.05) is 17.1 Å². The number of thiocarbonyl (C=S) groups is 1. The minimum Gasteiger partial charge on any atom is -0.357 e. The number of amides is 1. The Morgan fingerprint density at radius 1 is 1.16 bits per heavy atom. The van der Waals surface area contributed by atoms with Crippen LogP contribution in [-0.4, -0.2) is 31.0 Å². The summed E-state index contributed by atoms with van der Waals surface area (Å²) in [7, 11) is -3.59. The molecular weight excluding hydrogens is 360 g/mol. The lowest BCUT2D eigenvalue weighted by molar-refractivity contribution is 0.0943. The molecule has 0 radical (unpaired) electrons. The average molecular weight is 387 g/mol. The zero-order valence-electron chi connectivity index (χ0n) is 15.1. The van der Waals surface area contributed by atoms with Crippen molar-refractivity contribution in [2.45, 2.75) is 57.5 Å². The third-order valence-electron chi connectivity index (χ3n) is 3.17. The first-order valence-corrected chi connectivity index (χ1v) is 9.84. The van der Waals surface area contributed by atoms with E-state index in [1.165, 1.54) is 24.3 Å². The maximum atomic E-state index is 12.2. The fourth-order valence-electron chi connectivity index (χ4n) is 1.76. The highest BCUT2D eigenvalue weighted by atomic mass is 32.2. The Hall–Kier alpha value is -1.71. The van der Waals surface area contributed by atoms with Gasteiger partial charge < -0.3 is 5.32 Å². The first-order valence-electron chi connectivity index (χ1n) is 7.95. The van der Waals surface area contributed by atoms with Crippen molar-refractivity contribution >= 4 is 33.3 Å². The Labute approximate surface area is 155 Å². The normalized spacial score (nSPS) is 13.0. The molecule has 140 valence electrons. The molecule has 9 heteroatoms. The molecule has 0 aliphatic carbocycles. The number of hydrazine groups is 1. The zero-order chi connectivity index (χ0) is 19.3. The maximum Gasteiger partial charge on any atom is 0.269 e. The van der Waals surface area contributed by atoms with E-state index in [4.69, 9.17) is 12.2 Å². The molecule has 0 saturated heterocycles. The molecular formula is C16H26N4O3S2. The highest BCUT2D eigenvalue weighted by Gasteiger charge is 2.17. The molecule has 1 amide bonds. The first kappa shape index (κ1) is 21.3. The van der Waals surface area contributed by atoms with Crippen LogP contribution in [0.3, 0.4) is 0 Å². The van der Waals surface area contributed by atoms with Crippen LogP contribution in [0.25, 0.3) is 0 Å². The summed E-state index contributed by atoms with van der Waals surface area (Å²) in [5.74, 6) is -0.420. The number of sulfonamides is 1. The summed E-state index contributed by atoms with van der Waals surface area (Å²) in [4.78, 5) is 12.2. The highest BCUT2D eigenvalue weighted by molar-refractivity contribution is 7.89. The van der Waals surface area contributed by atoms with Crippen molar-refractivity contribution in [2.75, 3.05) is 0 Å². The number of carbonyl (C=O) groups is 1. The molecule has 0 saturated carbocycles. The summed E-state index contributed by atoms with van der Waals surface area (Å²) in [6.45, 7) is 9.51. The van der Waals surface area contributed by atoms with E-state index in [9.17, 15) is 13.2 Å². The molecule has 0 heterocycles. The second kappa shape index (κ2) is 8.59. The van der Waals surface area contributed by atoms with Crippen molar-refractivity contribution in [1.29, 1.82) is 0 Å². The van der Waals surface area contributed by atoms with Crippen LogP contribution in [0.15, 0.2) is 29.2 Å². The molecule has 0 spiro atoms. The smallest absolute Gasteiger partial charge is 0.269 e. The molecule has 0 aliphatic heterocycles. The third kappa shape index (κ3) is 7.37. The molecule has 1 atom stereocenters. The van der Waals surface area contributed by atoms with Crippen molar-refractivity contribution in [1.82, 2.24) is 20.9 Å². The van der Waals surface area contributed by atoms with Gasteiger partial charge in [0.1, 0.15) is 0 Å². The lowest BCUT2D eigenvalue weighted by atomic mass is 10.1. The molecule has 1 aromatic rings. The van der Waals surface area contributed by atoms with E-state index in [0.717, 1.165) is 0 Å². The highest BCUT2D eigenvalue weighted by Crippen LogP contribution is 2.11. The van der Waals surface area contributed by atoms with E-state index >= 15 is 0 Å². The average Bonchev–Trinajstić information content (AvgIpc) is 2.50. The predicted octanol–water partition coefficient (Wildman–Crippen LogP) is 1.67. The molecule has 0 fully saturated rings. The van der Waals surface area contributed by atoms with Gasteiger partial charge in [0.15, 0.2) is 5.11 Å². The van der Waals surface area contributed by atoms with Gasteiger partial charge in [0.2, 0.25) is 10.0 Å². The van der Waals surface area contributed by atoms with Crippen molar-refractivity contribution < 1.29 is 13.2 Å². The summed E-state index contributed by atoms with van der Waals surface area (Å²) < 4.78 is 26.9. The Morgan fingerprint density at radius 3 is 2.20 bits per heavy atom. The van der Waals surface area contributed by atoms with E-state index in [0.29, 0.717) is 12.0 Å². The van der Waals surface area contributed by atoms with Crippen molar-refractivity contribution in [3.8, 4) is 0 Å². The van der Waals surface area contributed by atoms with Crippen LogP contribution < -0.4 is 20.9 Å². The lowest BCUT2D eigenvalue weighted by Crippen LogP contribution is -2.52. The Bertz CT molecular complexity index is 710. The minimum atomic E-state index is -3.59. The summed E-state index contributed by atoms with van der Waals surface area (Å²) in [5.41, 5.74) is 5.15. The fourth-order valence-corrected chi connectivity index (χ4v) is 3.44. The van der Waals surface area contributed by atoms with Gasteiger partial charge in [0.05, 0.1) is 4.90 Å². The van der Waals surface area contributed by atoms with Gasteiger partial charge in [-0.15, -0.1) is 0 Å². The van der Waals surface area contributed by atoms with Gasteiger partial charge in [-0.05, 0) is 70.6 Å². The van der Waals surface area contributed by atoms with Crippen molar-refractivity contribution in [2.24, 2.45) is 0 Å². The molecule has 1 rings (SSSR count). The zero-order valence-corrected chi connectivity index (χ0v) is 16.8. The second-order valence-corrected chi connectivity index (χ2v) is 8.86. The summed E-state index contributed by atoms with van der Waals surface area (Å²) in [6.07, 6.45) is 0.688. The topological polar surface area (TPSA) is 99.3 Å². The van der Waals surface area contributed by atoms with Crippen LogP contribution in [0.4, 0.5) is 0 Å². The second-order valence-electron chi connectivity index (χ2n) is 6.74. The Balaban J connectivity index is 2.70. The maximum absolute atomic E-state index is 12.2. The number of rotatable bonds is 5. The van der Waals surface area contributed by atoms with Crippen LogP contribution in [-0.2, 0) is 10.0 Å². The molecule has 0 aliphatic rings. The van der Waals surface area contributed by atoms with E-state index in [2.05, 4.69) is 20.9 Å². The first-order chi connectivity index (χ1) is 11.4. The van der Waals surface area contributed by atoms with E-state index < -0.39 is 15.9 Å². The molecule has 7 nitrogen and oxygen atoms in total. The van der Waals surface area contributed by atoms with Crippen LogP contribution in [0.5, 0.6) is 0 Å². The van der Waals surface area contributed by atoms with Gasteiger partial charge in [-0.2, -0.15) is 0 Å².